The Morgan fingerprint density at radius 3 is 2.74 bits per heavy atom. The van der Waals surface area contributed by atoms with E-state index in [1.807, 2.05) is 24.3 Å². The predicted octanol–water partition coefficient (Wildman–Crippen LogP) is 3.05. The Hall–Kier alpha value is -0.920. The van der Waals surface area contributed by atoms with Crippen LogP contribution < -0.4 is 5.73 Å². The SMILES string of the molecule is COCc1nc(Cc2ccccc2Cl)nc(N)c1I. The molecule has 2 rings (SSSR count). The smallest absolute Gasteiger partial charge is 0.141 e. The Labute approximate surface area is 130 Å². The molecule has 0 atom stereocenters. The highest BCUT2D eigenvalue weighted by Crippen LogP contribution is 2.21. The number of nitrogen functional groups attached to an aromatic ring is 1. The van der Waals surface area contributed by atoms with E-state index in [-0.39, 0.29) is 0 Å². The molecule has 1 aromatic carbocycles. The van der Waals surface area contributed by atoms with Crippen molar-refractivity contribution in [2.24, 2.45) is 0 Å². The average Bonchev–Trinajstić information content (AvgIpc) is 2.38. The third-order valence-electron chi connectivity index (χ3n) is 2.58. The zero-order chi connectivity index (χ0) is 13.8. The van der Waals surface area contributed by atoms with Gasteiger partial charge in [0.05, 0.1) is 15.9 Å². The van der Waals surface area contributed by atoms with Gasteiger partial charge in [-0.05, 0) is 34.2 Å². The Morgan fingerprint density at radius 2 is 2.05 bits per heavy atom. The lowest BCUT2D eigenvalue weighted by Gasteiger charge is -2.09. The van der Waals surface area contributed by atoms with Crippen LogP contribution in [0.4, 0.5) is 5.82 Å². The first-order chi connectivity index (χ1) is 9.11. The van der Waals surface area contributed by atoms with Gasteiger partial charge < -0.3 is 10.5 Å². The molecule has 0 amide bonds. The molecule has 1 aromatic heterocycles. The van der Waals surface area contributed by atoms with E-state index < -0.39 is 0 Å². The molecule has 100 valence electrons. The second-order valence-electron chi connectivity index (χ2n) is 3.99. The molecule has 0 saturated heterocycles. The standard InChI is InChI=1S/C13H13ClIN3O/c1-19-7-10-12(15)13(16)18-11(17-10)6-8-4-2-3-5-9(8)14/h2-5H,6-7H2,1H3,(H2,16,17,18). The molecular weight excluding hydrogens is 377 g/mol. The van der Waals surface area contributed by atoms with E-state index in [0.717, 1.165) is 14.8 Å². The number of hydrogen-bond acceptors (Lipinski definition) is 4. The largest absolute Gasteiger partial charge is 0.383 e. The third-order valence-corrected chi connectivity index (χ3v) is 4.12. The van der Waals surface area contributed by atoms with Crippen molar-refractivity contribution in [3.8, 4) is 0 Å². The molecule has 0 fully saturated rings. The van der Waals surface area contributed by atoms with Crippen molar-refractivity contribution in [2.75, 3.05) is 12.8 Å². The first-order valence-electron chi connectivity index (χ1n) is 5.65. The summed E-state index contributed by atoms with van der Waals surface area (Å²) in [5, 5.41) is 0.705. The Bertz CT molecular complexity index is 592. The second kappa shape index (κ2) is 6.49. The van der Waals surface area contributed by atoms with Gasteiger partial charge in [-0.2, -0.15) is 0 Å². The Balaban J connectivity index is 2.33. The molecule has 0 saturated carbocycles. The van der Waals surface area contributed by atoms with Gasteiger partial charge in [-0.3, -0.25) is 0 Å². The quantitative estimate of drug-likeness (QED) is 0.817. The first kappa shape index (κ1) is 14.5. The van der Waals surface area contributed by atoms with Gasteiger partial charge in [-0.25, -0.2) is 9.97 Å². The molecule has 0 aliphatic heterocycles. The highest BCUT2D eigenvalue weighted by Gasteiger charge is 2.11. The Morgan fingerprint density at radius 1 is 1.32 bits per heavy atom. The van der Waals surface area contributed by atoms with Gasteiger partial charge in [0.15, 0.2) is 0 Å². The zero-order valence-corrected chi connectivity index (χ0v) is 13.3. The molecule has 0 bridgehead atoms. The molecule has 4 nitrogen and oxygen atoms in total. The third kappa shape index (κ3) is 3.55. The molecule has 0 spiro atoms. The van der Waals surface area contributed by atoms with Gasteiger partial charge in [0.25, 0.3) is 0 Å². The van der Waals surface area contributed by atoms with Crippen molar-refractivity contribution in [3.05, 3.63) is 49.9 Å². The predicted molar refractivity (Wildman–Crippen MR) is 84.1 cm³/mol. The van der Waals surface area contributed by atoms with Crippen LogP contribution in [0.25, 0.3) is 0 Å². The van der Waals surface area contributed by atoms with Crippen molar-refractivity contribution in [1.29, 1.82) is 0 Å². The van der Waals surface area contributed by atoms with E-state index in [4.69, 9.17) is 22.1 Å². The van der Waals surface area contributed by atoms with Crippen molar-refractivity contribution >= 4 is 40.0 Å². The maximum atomic E-state index is 6.13. The summed E-state index contributed by atoms with van der Waals surface area (Å²) >= 11 is 8.26. The number of halogens is 2. The molecule has 19 heavy (non-hydrogen) atoms. The minimum atomic E-state index is 0.417. The normalized spacial score (nSPS) is 10.7. The number of methoxy groups -OCH3 is 1. The number of anilines is 1. The van der Waals surface area contributed by atoms with Gasteiger partial charge in [-0.15, -0.1) is 0 Å². The lowest BCUT2D eigenvalue weighted by molar-refractivity contribution is 0.180. The highest BCUT2D eigenvalue weighted by atomic mass is 127. The van der Waals surface area contributed by atoms with Crippen LogP contribution >= 0.6 is 34.2 Å². The summed E-state index contributed by atoms with van der Waals surface area (Å²) in [6, 6.07) is 7.64. The van der Waals surface area contributed by atoms with Crippen molar-refractivity contribution in [1.82, 2.24) is 9.97 Å². The molecule has 6 heteroatoms. The summed E-state index contributed by atoms with van der Waals surface area (Å²) in [6.45, 7) is 0.417. The summed E-state index contributed by atoms with van der Waals surface area (Å²) in [6.07, 6.45) is 0.553. The fourth-order valence-corrected chi connectivity index (χ4v) is 2.29. The van der Waals surface area contributed by atoms with Crippen LogP contribution in [0.1, 0.15) is 17.1 Å². The molecule has 0 radical (unpaired) electrons. The highest BCUT2D eigenvalue weighted by molar-refractivity contribution is 14.1. The van der Waals surface area contributed by atoms with Gasteiger partial charge in [-0.1, -0.05) is 29.8 Å². The summed E-state index contributed by atoms with van der Waals surface area (Å²) in [5.74, 6) is 1.13. The van der Waals surface area contributed by atoms with Crippen LogP contribution in [-0.2, 0) is 17.8 Å². The average molecular weight is 390 g/mol. The molecule has 1 heterocycles. The van der Waals surface area contributed by atoms with Gasteiger partial charge in [0.2, 0.25) is 0 Å². The molecule has 2 N–H and O–H groups in total. The van der Waals surface area contributed by atoms with Crippen LogP contribution in [0.3, 0.4) is 0 Å². The van der Waals surface area contributed by atoms with Gasteiger partial charge in [0.1, 0.15) is 11.6 Å². The van der Waals surface area contributed by atoms with Crippen LogP contribution in [-0.4, -0.2) is 17.1 Å². The Kier molecular flexibility index (Phi) is 4.95. The number of benzene rings is 1. The number of aromatic nitrogens is 2. The lowest BCUT2D eigenvalue weighted by atomic mass is 10.1. The van der Waals surface area contributed by atoms with Gasteiger partial charge in [0, 0.05) is 18.6 Å². The molecular formula is C13H13ClIN3O. The van der Waals surface area contributed by atoms with Crippen molar-refractivity contribution in [3.63, 3.8) is 0 Å². The monoisotopic (exact) mass is 389 g/mol. The number of hydrogen-bond donors (Lipinski definition) is 1. The minimum Gasteiger partial charge on any atom is -0.383 e. The fraction of sp³-hybridized carbons (Fsp3) is 0.231. The zero-order valence-electron chi connectivity index (χ0n) is 10.4. The summed E-state index contributed by atoms with van der Waals surface area (Å²) in [4.78, 5) is 8.77. The first-order valence-corrected chi connectivity index (χ1v) is 7.10. The van der Waals surface area contributed by atoms with Crippen LogP contribution in [0, 0.1) is 3.57 Å². The van der Waals surface area contributed by atoms with E-state index in [9.17, 15) is 0 Å². The lowest BCUT2D eigenvalue weighted by Crippen LogP contribution is -2.08. The van der Waals surface area contributed by atoms with Gasteiger partial charge >= 0.3 is 0 Å². The molecule has 0 unspecified atom stereocenters. The molecule has 0 aliphatic rings. The van der Waals surface area contributed by atoms with E-state index in [2.05, 4.69) is 32.6 Å². The minimum absolute atomic E-state index is 0.417. The van der Waals surface area contributed by atoms with E-state index >= 15 is 0 Å². The van der Waals surface area contributed by atoms with Crippen LogP contribution in [0.5, 0.6) is 0 Å². The van der Waals surface area contributed by atoms with E-state index in [1.165, 1.54) is 0 Å². The topological polar surface area (TPSA) is 61.0 Å². The molecule has 2 aromatic rings. The number of rotatable bonds is 4. The fourth-order valence-electron chi connectivity index (χ4n) is 1.69. The van der Waals surface area contributed by atoms with Crippen molar-refractivity contribution in [2.45, 2.75) is 13.0 Å². The number of nitrogens with two attached hydrogens (primary N) is 1. The maximum Gasteiger partial charge on any atom is 0.141 e. The number of nitrogens with zero attached hydrogens (tertiary/aromatic N) is 2. The molecule has 0 aliphatic carbocycles. The summed E-state index contributed by atoms with van der Waals surface area (Å²) < 4.78 is 5.95. The van der Waals surface area contributed by atoms with Crippen molar-refractivity contribution < 1.29 is 4.74 Å². The van der Waals surface area contributed by atoms with Crippen LogP contribution in [0.15, 0.2) is 24.3 Å². The van der Waals surface area contributed by atoms with E-state index in [1.54, 1.807) is 7.11 Å². The maximum absolute atomic E-state index is 6.13. The summed E-state index contributed by atoms with van der Waals surface area (Å²) in [7, 11) is 1.63. The van der Waals surface area contributed by atoms with E-state index in [0.29, 0.717) is 29.7 Å². The number of ether oxygens (including phenoxy) is 1. The summed E-state index contributed by atoms with van der Waals surface area (Å²) in [5.41, 5.74) is 7.68. The second-order valence-corrected chi connectivity index (χ2v) is 5.47. The van der Waals surface area contributed by atoms with Crippen LogP contribution in [0.2, 0.25) is 5.02 Å².